The number of hydrogen-bond acceptors (Lipinski definition) is 6. The summed E-state index contributed by atoms with van der Waals surface area (Å²) in [6.07, 6.45) is 1.32. The molecule has 0 radical (unpaired) electrons. The van der Waals surface area contributed by atoms with E-state index in [1.807, 2.05) is 0 Å². The van der Waals surface area contributed by atoms with Gasteiger partial charge in [-0.2, -0.15) is 0 Å². The summed E-state index contributed by atoms with van der Waals surface area (Å²) in [6.45, 7) is 0. The van der Waals surface area contributed by atoms with Gasteiger partial charge in [0.1, 0.15) is 5.82 Å². The third kappa shape index (κ3) is 4.44. The Labute approximate surface area is 238 Å². The fourth-order valence-electron chi connectivity index (χ4n) is 4.64. The van der Waals surface area contributed by atoms with Crippen molar-refractivity contribution in [2.75, 3.05) is 5.32 Å². The molecule has 6 aromatic rings. The molecule has 14 heteroatoms. The first-order valence-electron chi connectivity index (χ1n) is 12.0. The summed E-state index contributed by atoms with van der Waals surface area (Å²) in [4.78, 5) is 72.2. The Morgan fingerprint density at radius 1 is 0.805 bits per heavy atom. The van der Waals surface area contributed by atoms with E-state index in [9.17, 15) is 24.0 Å². The van der Waals surface area contributed by atoms with Crippen molar-refractivity contribution in [3.8, 4) is 11.5 Å². The number of carbonyl (C=O) groups excluding carboxylic acids is 1. The lowest BCUT2D eigenvalue weighted by atomic mass is 10.2. The third-order valence-electron chi connectivity index (χ3n) is 6.50. The van der Waals surface area contributed by atoms with Crippen LogP contribution in [0.15, 0.2) is 86.0 Å². The molecule has 6 rings (SSSR count). The molecule has 3 aromatic carbocycles. The molecule has 0 fully saturated rings. The molecular formula is C27H17Cl2N7O5. The molecule has 41 heavy (non-hydrogen) atoms. The predicted octanol–water partition coefficient (Wildman–Crippen LogP) is 2.96. The number of imidazole rings is 1. The number of benzene rings is 3. The molecule has 0 unspecified atom stereocenters. The molecule has 3 aromatic heterocycles. The largest absolute Gasteiger partial charge is 0.334 e. The van der Waals surface area contributed by atoms with Crippen LogP contribution >= 0.6 is 23.2 Å². The van der Waals surface area contributed by atoms with Crippen LogP contribution in [-0.2, 0) is 7.05 Å². The van der Waals surface area contributed by atoms with Crippen LogP contribution in [0.1, 0.15) is 10.6 Å². The maximum Gasteiger partial charge on any atom is 0.334 e. The SMILES string of the molecule is Cn1c(-n2c(=O)[nH]c(=O)c3ccc(Cl)cc32)cnc1C(=O)Nc1cccc(-n2c(=O)[nH]c(=O)c3ccc(Cl)cc32)c1. The van der Waals surface area contributed by atoms with Crippen molar-refractivity contribution in [1.82, 2.24) is 28.7 Å². The molecule has 3 N–H and O–H groups in total. The third-order valence-corrected chi connectivity index (χ3v) is 6.97. The minimum absolute atomic E-state index is 0.0443. The normalized spacial score (nSPS) is 11.3. The van der Waals surface area contributed by atoms with Crippen LogP contribution in [0.2, 0.25) is 10.0 Å². The molecule has 0 aliphatic carbocycles. The summed E-state index contributed by atoms with van der Waals surface area (Å²) < 4.78 is 3.86. The minimum Gasteiger partial charge on any atom is -0.319 e. The molecule has 1 amide bonds. The average Bonchev–Trinajstić information content (AvgIpc) is 3.29. The highest BCUT2D eigenvalue weighted by Gasteiger charge is 2.19. The monoisotopic (exact) mass is 589 g/mol. The summed E-state index contributed by atoms with van der Waals surface area (Å²) in [6, 6.07) is 15.5. The fraction of sp³-hybridized carbons (Fsp3) is 0.0370. The summed E-state index contributed by atoms with van der Waals surface area (Å²) in [5.74, 6) is -0.449. The molecule has 0 aliphatic heterocycles. The second kappa shape index (κ2) is 9.77. The van der Waals surface area contributed by atoms with Gasteiger partial charge in [0.05, 0.1) is 33.7 Å². The number of anilines is 1. The van der Waals surface area contributed by atoms with Gasteiger partial charge in [-0.15, -0.1) is 0 Å². The van der Waals surface area contributed by atoms with E-state index in [2.05, 4.69) is 20.3 Å². The second-order valence-electron chi connectivity index (χ2n) is 9.02. The van der Waals surface area contributed by atoms with Crippen LogP contribution in [0, 0.1) is 0 Å². The number of halogens is 2. The molecule has 12 nitrogen and oxygen atoms in total. The van der Waals surface area contributed by atoms with Crippen LogP contribution < -0.4 is 27.8 Å². The Hall–Kier alpha value is -5.20. The predicted molar refractivity (Wildman–Crippen MR) is 155 cm³/mol. The number of H-pyrrole nitrogens is 2. The van der Waals surface area contributed by atoms with Crippen molar-refractivity contribution >= 4 is 56.6 Å². The number of nitrogens with zero attached hydrogens (tertiary/aromatic N) is 4. The number of nitrogens with one attached hydrogen (secondary N) is 3. The number of aromatic nitrogens is 6. The standard InChI is InChI=1S/C27H17Cl2N7O5/c1-34-21(36-20-10-14(29)6-8-18(20)24(38)33-27(36)41)12-30-22(34)25(39)31-15-3-2-4-16(11-15)35-19-9-13(28)5-7-17(19)23(37)32-26(35)40/h2-12H,1H3,(H,31,39)(H,32,37,40)(H,33,38,41). The van der Waals surface area contributed by atoms with E-state index in [-0.39, 0.29) is 27.9 Å². The zero-order valence-corrected chi connectivity index (χ0v) is 22.4. The highest BCUT2D eigenvalue weighted by Crippen LogP contribution is 2.22. The maximum absolute atomic E-state index is 13.3. The van der Waals surface area contributed by atoms with E-state index >= 15 is 0 Å². The number of aromatic amines is 2. The Bertz CT molecular complexity index is 2300. The maximum atomic E-state index is 13.3. The molecule has 0 atom stereocenters. The highest BCUT2D eigenvalue weighted by molar-refractivity contribution is 6.31. The zero-order valence-electron chi connectivity index (χ0n) is 20.9. The Kier molecular flexibility index (Phi) is 6.20. The van der Waals surface area contributed by atoms with Gasteiger partial charge in [0.15, 0.2) is 0 Å². The number of carbonyl (C=O) groups is 1. The van der Waals surface area contributed by atoms with E-state index in [1.54, 1.807) is 30.3 Å². The fourth-order valence-corrected chi connectivity index (χ4v) is 4.97. The van der Waals surface area contributed by atoms with Crippen molar-refractivity contribution < 1.29 is 4.79 Å². The second-order valence-corrected chi connectivity index (χ2v) is 9.89. The van der Waals surface area contributed by atoms with Gasteiger partial charge in [-0.05, 0) is 54.6 Å². The van der Waals surface area contributed by atoms with Crippen LogP contribution in [0.4, 0.5) is 5.69 Å². The van der Waals surface area contributed by atoms with Crippen LogP contribution in [0.3, 0.4) is 0 Å². The van der Waals surface area contributed by atoms with E-state index in [4.69, 9.17) is 23.2 Å². The number of fused-ring (bicyclic) bond motifs is 2. The summed E-state index contributed by atoms with van der Waals surface area (Å²) in [5.41, 5.74) is -1.32. The smallest absolute Gasteiger partial charge is 0.319 e. The molecule has 0 aliphatic rings. The van der Waals surface area contributed by atoms with Gasteiger partial charge < -0.3 is 9.88 Å². The lowest BCUT2D eigenvalue weighted by molar-refractivity contribution is 0.101. The summed E-state index contributed by atoms with van der Waals surface area (Å²) in [7, 11) is 1.54. The molecular weight excluding hydrogens is 573 g/mol. The summed E-state index contributed by atoms with van der Waals surface area (Å²) in [5, 5.41) is 3.87. The number of amides is 1. The van der Waals surface area contributed by atoms with Crippen molar-refractivity contribution in [3.63, 3.8) is 0 Å². The number of hydrogen-bond donors (Lipinski definition) is 3. The van der Waals surface area contributed by atoms with Gasteiger partial charge >= 0.3 is 11.4 Å². The van der Waals surface area contributed by atoms with E-state index in [1.165, 1.54) is 57.3 Å². The first-order valence-corrected chi connectivity index (χ1v) is 12.7. The van der Waals surface area contributed by atoms with Crippen LogP contribution in [0.5, 0.6) is 0 Å². The topological polar surface area (TPSA) is 157 Å². The van der Waals surface area contributed by atoms with Gasteiger partial charge in [-0.25, -0.2) is 19.1 Å². The Morgan fingerprint density at radius 2 is 1.39 bits per heavy atom. The quantitative estimate of drug-likeness (QED) is 0.287. The average molecular weight is 590 g/mol. The molecule has 3 heterocycles. The van der Waals surface area contributed by atoms with Gasteiger partial charge in [0, 0.05) is 22.8 Å². The molecule has 0 spiro atoms. The van der Waals surface area contributed by atoms with Crippen molar-refractivity contribution in [3.05, 3.63) is 124 Å². The summed E-state index contributed by atoms with van der Waals surface area (Å²) >= 11 is 12.3. The lowest BCUT2D eigenvalue weighted by Crippen LogP contribution is -2.30. The van der Waals surface area contributed by atoms with Gasteiger partial charge in [-0.3, -0.25) is 28.9 Å². The van der Waals surface area contributed by atoms with Gasteiger partial charge in [0.2, 0.25) is 5.82 Å². The molecule has 0 saturated heterocycles. The highest BCUT2D eigenvalue weighted by atomic mass is 35.5. The minimum atomic E-state index is -0.730. The van der Waals surface area contributed by atoms with E-state index in [0.29, 0.717) is 26.9 Å². The van der Waals surface area contributed by atoms with Crippen molar-refractivity contribution in [2.24, 2.45) is 7.05 Å². The lowest BCUT2D eigenvalue weighted by Gasteiger charge is -2.13. The molecule has 0 saturated carbocycles. The first kappa shape index (κ1) is 26.0. The van der Waals surface area contributed by atoms with E-state index in [0.717, 1.165) is 0 Å². The Morgan fingerprint density at radius 3 is 2.02 bits per heavy atom. The van der Waals surface area contributed by atoms with Crippen molar-refractivity contribution in [1.29, 1.82) is 0 Å². The molecule has 0 bridgehead atoms. The number of rotatable bonds is 4. The Balaban J connectivity index is 1.39. The first-order chi connectivity index (χ1) is 19.6. The molecule has 204 valence electrons. The van der Waals surface area contributed by atoms with Crippen LogP contribution in [0.25, 0.3) is 33.3 Å². The van der Waals surface area contributed by atoms with Crippen LogP contribution in [-0.4, -0.2) is 34.6 Å². The van der Waals surface area contributed by atoms with Gasteiger partial charge in [0.25, 0.3) is 17.0 Å². The van der Waals surface area contributed by atoms with Crippen molar-refractivity contribution in [2.45, 2.75) is 0 Å². The van der Waals surface area contributed by atoms with E-state index < -0.39 is 28.4 Å². The zero-order chi connectivity index (χ0) is 29.0. The van der Waals surface area contributed by atoms with Gasteiger partial charge in [-0.1, -0.05) is 29.3 Å².